The highest BCUT2D eigenvalue weighted by atomic mass is 16.4. The van der Waals surface area contributed by atoms with E-state index in [9.17, 15) is 9.90 Å². The lowest BCUT2D eigenvalue weighted by Gasteiger charge is -2.14. The molecule has 2 atom stereocenters. The van der Waals surface area contributed by atoms with Gasteiger partial charge >= 0.3 is 5.97 Å². The first-order valence-corrected chi connectivity index (χ1v) is 7.83. The molecule has 1 aliphatic heterocycles. The molecule has 5 nitrogen and oxygen atoms in total. The van der Waals surface area contributed by atoms with E-state index in [4.69, 9.17) is 5.73 Å². The minimum Gasteiger partial charge on any atom is -0.478 e. The Labute approximate surface area is 134 Å². The molecule has 118 valence electrons. The number of aromatic nitrogens is 1. The van der Waals surface area contributed by atoms with Crippen molar-refractivity contribution in [2.75, 3.05) is 18.8 Å². The number of nitrogens with two attached hydrogens (primary N) is 1. The van der Waals surface area contributed by atoms with Crippen molar-refractivity contribution in [2.24, 2.45) is 5.92 Å². The Bertz CT molecular complexity index is 801. The van der Waals surface area contributed by atoms with Gasteiger partial charge in [0.05, 0.1) is 0 Å². The van der Waals surface area contributed by atoms with E-state index in [1.54, 1.807) is 6.07 Å². The monoisotopic (exact) mass is 309 g/mol. The Balaban J connectivity index is 1.71. The van der Waals surface area contributed by atoms with Gasteiger partial charge in [-0.25, -0.2) is 9.78 Å². The van der Waals surface area contributed by atoms with Crippen molar-refractivity contribution in [1.82, 2.24) is 10.3 Å². The molecule has 1 aromatic heterocycles. The summed E-state index contributed by atoms with van der Waals surface area (Å²) in [6.07, 6.45) is 1.27. The third-order valence-electron chi connectivity index (χ3n) is 5.31. The fourth-order valence-electron chi connectivity index (χ4n) is 3.86. The van der Waals surface area contributed by atoms with E-state index in [-0.39, 0.29) is 11.4 Å². The molecule has 2 aromatic rings. The fraction of sp³-hybridized carbons (Fsp3) is 0.333. The highest BCUT2D eigenvalue weighted by Gasteiger charge is 2.57. The zero-order chi connectivity index (χ0) is 16.2. The average molecular weight is 309 g/mol. The van der Waals surface area contributed by atoms with Gasteiger partial charge in [-0.3, -0.25) is 0 Å². The summed E-state index contributed by atoms with van der Waals surface area (Å²) >= 11 is 0. The summed E-state index contributed by atoms with van der Waals surface area (Å²) in [7, 11) is 0. The number of carboxylic acids is 1. The minimum atomic E-state index is -1.05. The molecule has 1 aromatic carbocycles. The maximum atomic E-state index is 11.3. The Morgan fingerprint density at radius 2 is 2.13 bits per heavy atom. The number of aryl methyl sites for hydroxylation is 1. The Hall–Kier alpha value is -2.40. The number of rotatable bonds is 3. The molecule has 1 saturated heterocycles. The van der Waals surface area contributed by atoms with Crippen LogP contribution in [0.25, 0.3) is 11.1 Å². The molecule has 1 saturated carbocycles. The van der Waals surface area contributed by atoms with Crippen LogP contribution in [0.4, 0.5) is 5.82 Å². The van der Waals surface area contributed by atoms with Gasteiger partial charge in [0.1, 0.15) is 11.4 Å². The molecule has 1 aliphatic carbocycles. The zero-order valence-corrected chi connectivity index (χ0v) is 13.0. The number of carbonyl (C=O) groups is 1. The number of pyridine rings is 1. The molecule has 0 unspecified atom stereocenters. The summed E-state index contributed by atoms with van der Waals surface area (Å²) in [6.45, 7) is 4.02. The zero-order valence-electron chi connectivity index (χ0n) is 13.0. The van der Waals surface area contributed by atoms with Crippen molar-refractivity contribution in [1.29, 1.82) is 0 Å². The van der Waals surface area contributed by atoms with Crippen LogP contribution in [-0.2, 0) is 5.41 Å². The summed E-state index contributed by atoms with van der Waals surface area (Å²) in [4.78, 5) is 15.4. The number of nitrogen functional groups attached to an aromatic ring is 1. The minimum absolute atomic E-state index is 0.0514. The number of benzene rings is 1. The first kappa shape index (κ1) is 14.2. The van der Waals surface area contributed by atoms with Gasteiger partial charge in [-0.05, 0) is 43.0 Å². The van der Waals surface area contributed by atoms with Gasteiger partial charge < -0.3 is 16.2 Å². The summed E-state index contributed by atoms with van der Waals surface area (Å²) in [5.74, 6) is -0.219. The van der Waals surface area contributed by atoms with Crippen LogP contribution >= 0.6 is 0 Å². The molecule has 2 heterocycles. The van der Waals surface area contributed by atoms with Crippen LogP contribution in [-0.4, -0.2) is 29.1 Å². The molecule has 0 spiro atoms. The lowest BCUT2D eigenvalue weighted by molar-refractivity contribution is 0.0697. The van der Waals surface area contributed by atoms with E-state index in [0.29, 0.717) is 5.41 Å². The molecule has 23 heavy (non-hydrogen) atoms. The first-order chi connectivity index (χ1) is 11.0. The van der Waals surface area contributed by atoms with Gasteiger partial charge in [-0.1, -0.05) is 24.3 Å². The van der Waals surface area contributed by atoms with Gasteiger partial charge in [0.25, 0.3) is 0 Å². The van der Waals surface area contributed by atoms with Crippen molar-refractivity contribution in [3.63, 3.8) is 0 Å². The third kappa shape index (κ3) is 2.11. The molecule has 0 bridgehead atoms. The van der Waals surface area contributed by atoms with E-state index in [0.717, 1.165) is 35.8 Å². The standard InChI is InChI=1S/C18H19N3O2/c1-10-14(6-15(17(22)23)16(19)21-10)11-2-4-12(5-3-11)18-7-13(18)8-20-9-18/h2-6,13,20H,7-9H2,1H3,(H2,19,21)(H,22,23)/t13-,18+/m1/s1. The molecule has 0 amide bonds. The second-order valence-corrected chi connectivity index (χ2v) is 6.62. The van der Waals surface area contributed by atoms with Crippen LogP contribution in [0.2, 0.25) is 0 Å². The molecule has 4 rings (SSSR count). The number of hydrogen-bond acceptors (Lipinski definition) is 4. The number of nitrogens with one attached hydrogen (secondary N) is 1. The Morgan fingerprint density at radius 1 is 1.39 bits per heavy atom. The van der Waals surface area contributed by atoms with Gasteiger partial charge in [0, 0.05) is 23.2 Å². The molecular weight excluding hydrogens is 290 g/mol. The lowest BCUT2D eigenvalue weighted by Crippen LogP contribution is -2.19. The molecule has 0 radical (unpaired) electrons. The van der Waals surface area contributed by atoms with Crippen molar-refractivity contribution >= 4 is 11.8 Å². The fourth-order valence-corrected chi connectivity index (χ4v) is 3.86. The second-order valence-electron chi connectivity index (χ2n) is 6.62. The lowest BCUT2D eigenvalue weighted by atomic mass is 9.92. The van der Waals surface area contributed by atoms with E-state index in [1.165, 1.54) is 12.0 Å². The van der Waals surface area contributed by atoms with Crippen LogP contribution in [0.3, 0.4) is 0 Å². The summed E-state index contributed by atoms with van der Waals surface area (Å²) in [5, 5.41) is 12.7. The normalized spacial score (nSPS) is 25.2. The highest BCUT2D eigenvalue weighted by molar-refractivity contribution is 5.94. The van der Waals surface area contributed by atoms with Crippen LogP contribution in [0.15, 0.2) is 30.3 Å². The largest absolute Gasteiger partial charge is 0.478 e. The predicted molar refractivity (Wildman–Crippen MR) is 88.4 cm³/mol. The van der Waals surface area contributed by atoms with E-state index < -0.39 is 5.97 Å². The van der Waals surface area contributed by atoms with Gasteiger partial charge in [0.2, 0.25) is 0 Å². The number of piperidine rings is 1. The van der Waals surface area contributed by atoms with Gasteiger partial charge in [0.15, 0.2) is 0 Å². The highest BCUT2D eigenvalue weighted by Crippen LogP contribution is 2.56. The Morgan fingerprint density at radius 3 is 2.70 bits per heavy atom. The number of nitrogens with zero attached hydrogens (tertiary/aromatic N) is 1. The number of fused-ring (bicyclic) bond motifs is 1. The van der Waals surface area contributed by atoms with Gasteiger partial charge in [-0.15, -0.1) is 0 Å². The van der Waals surface area contributed by atoms with Crippen molar-refractivity contribution in [2.45, 2.75) is 18.8 Å². The average Bonchev–Trinajstić information content (AvgIpc) is 3.09. The van der Waals surface area contributed by atoms with Crippen LogP contribution in [0.5, 0.6) is 0 Å². The molecule has 4 N–H and O–H groups in total. The second kappa shape index (κ2) is 4.80. The third-order valence-corrected chi connectivity index (χ3v) is 5.31. The van der Waals surface area contributed by atoms with E-state index in [2.05, 4.69) is 34.6 Å². The van der Waals surface area contributed by atoms with E-state index in [1.807, 2.05) is 6.92 Å². The van der Waals surface area contributed by atoms with Gasteiger partial charge in [-0.2, -0.15) is 0 Å². The number of hydrogen-bond donors (Lipinski definition) is 3. The number of carboxylic acid groups (broad SMARTS) is 1. The van der Waals surface area contributed by atoms with Crippen LogP contribution in [0.1, 0.15) is 28.0 Å². The topological polar surface area (TPSA) is 88.2 Å². The first-order valence-electron chi connectivity index (χ1n) is 7.83. The van der Waals surface area contributed by atoms with Crippen LogP contribution in [0, 0.1) is 12.8 Å². The SMILES string of the molecule is Cc1nc(N)c(C(=O)O)cc1-c1ccc([C@]23CNC[C@H]2C3)cc1. The quantitative estimate of drug-likeness (QED) is 0.809. The number of anilines is 1. The smallest absolute Gasteiger partial charge is 0.339 e. The van der Waals surface area contributed by atoms with Crippen molar-refractivity contribution in [3.05, 3.63) is 47.2 Å². The molecular formula is C18H19N3O2. The van der Waals surface area contributed by atoms with E-state index >= 15 is 0 Å². The molecule has 5 heteroatoms. The van der Waals surface area contributed by atoms with Crippen molar-refractivity contribution < 1.29 is 9.90 Å². The predicted octanol–water partition coefficient (Wildman–Crippen LogP) is 2.20. The maximum absolute atomic E-state index is 11.3. The van der Waals surface area contributed by atoms with Crippen LogP contribution < -0.4 is 11.1 Å². The summed E-state index contributed by atoms with van der Waals surface area (Å²) < 4.78 is 0. The molecule has 2 aliphatic rings. The number of aromatic carboxylic acids is 1. The Kier molecular flexibility index (Phi) is 2.96. The maximum Gasteiger partial charge on any atom is 0.339 e. The summed E-state index contributed by atoms with van der Waals surface area (Å²) in [5.41, 5.74) is 9.99. The molecule has 2 fully saturated rings. The summed E-state index contributed by atoms with van der Waals surface area (Å²) in [6, 6.07) is 10.1. The van der Waals surface area contributed by atoms with Crippen molar-refractivity contribution in [3.8, 4) is 11.1 Å².